The number of hydrogen-bond acceptors (Lipinski definition) is 4. The lowest BCUT2D eigenvalue weighted by Gasteiger charge is -2.21. The molecule has 1 heterocycles. The molecule has 2 rings (SSSR count). The van der Waals surface area contributed by atoms with Crippen LogP contribution in [0.2, 0.25) is 0 Å². The summed E-state index contributed by atoms with van der Waals surface area (Å²) in [5, 5.41) is 5.76. The van der Waals surface area contributed by atoms with Gasteiger partial charge in [-0.05, 0) is 43.9 Å². The molecule has 1 aliphatic rings. The Labute approximate surface area is 156 Å². The molecule has 2 amide bonds. The molecule has 1 saturated heterocycles. The molecule has 6 nitrogen and oxygen atoms in total. The van der Waals surface area contributed by atoms with Crippen molar-refractivity contribution in [3.8, 4) is 0 Å². The average molecular weight is 361 g/mol. The molecule has 0 bridgehead atoms. The van der Waals surface area contributed by atoms with E-state index in [0.29, 0.717) is 12.8 Å². The molecule has 0 radical (unpaired) electrons. The molecule has 1 aromatic carbocycles. The molecular formula is C20H32N4O2. The minimum absolute atomic E-state index is 0.186. The van der Waals surface area contributed by atoms with Crippen LogP contribution in [0, 0.1) is 0 Å². The van der Waals surface area contributed by atoms with Crippen LogP contribution >= 0.6 is 0 Å². The highest BCUT2D eigenvalue weighted by molar-refractivity contribution is 5.98. The van der Waals surface area contributed by atoms with Crippen LogP contribution in [0.3, 0.4) is 0 Å². The fourth-order valence-corrected chi connectivity index (χ4v) is 3.13. The number of anilines is 2. The van der Waals surface area contributed by atoms with Crippen LogP contribution < -0.4 is 21.3 Å². The molecule has 1 unspecified atom stereocenters. The molecule has 26 heavy (non-hydrogen) atoms. The van der Waals surface area contributed by atoms with Gasteiger partial charge in [-0.1, -0.05) is 32.8 Å². The number of amides is 2. The van der Waals surface area contributed by atoms with Gasteiger partial charge in [-0.15, -0.1) is 0 Å². The smallest absolute Gasteiger partial charge is 0.246 e. The van der Waals surface area contributed by atoms with Crippen molar-refractivity contribution in [3.05, 3.63) is 24.3 Å². The minimum Gasteiger partial charge on any atom is -0.371 e. The van der Waals surface area contributed by atoms with E-state index in [0.717, 1.165) is 37.3 Å². The van der Waals surface area contributed by atoms with E-state index in [-0.39, 0.29) is 11.8 Å². The Hall–Kier alpha value is -2.08. The molecule has 6 heteroatoms. The Morgan fingerprint density at radius 2 is 1.92 bits per heavy atom. The summed E-state index contributed by atoms with van der Waals surface area (Å²) < 4.78 is 0. The summed E-state index contributed by atoms with van der Waals surface area (Å²) in [5.41, 5.74) is 7.67. The van der Waals surface area contributed by atoms with Gasteiger partial charge in [0.1, 0.15) is 6.04 Å². The third-order valence-electron chi connectivity index (χ3n) is 4.84. The van der Waals surface area contributed by atoms with E-state index >= 15 is 0 Å². The molecule has 4 N–H and O–H groups in total. The van der Waals surface area contributed by atoms with Crippen molar-refractivity contribution in [2.24, 2.45) is 5.73 Å². The quantitative estimate of drug-likeness (QED) is 0.632. The monoisotopic (exact) mass is 360 g/mol. The molecule has 1 aliphatic heterocycles. The first kappa shape index (κ1) is 20.2. The lowest BCUT2D eigenvalue weighted by molar-refractivity contribution is -0.127. The molecule has 0 spiro atoms. The molecule has 0 saturated carbocycles. The lowest BCUT2D eigenvalue weighted by atomic mass is 10.1. The van der Waals surface area contributed by atoms with E-state index in [4.69, 9.17) is 5.73 Å². The minimum atomic E-state index is -0.578. The maximum atomic E-state index is 12.7. The Morgan fingerprint density at radius 1 is 1.19 bits per heavy atom. The molecule has 1 aromatic rings. The first-order valence-corrected chi connectivity index (χ1v) is 9.77. The highest BCUT2D eigenvalue weighted by Gasteiger charge is 2.23. The van der Waals surface area contributed by atoms with Gasteiger partial charge < -0.3 is 21.3 Å². The first-order chi connectivity index (χ1) is 12.5. The summed E-state index contributed by atoms with van der Waals surface area (Å²) in [5.74, 6) is -0.455. The molecule has 2 atom stereocenters. The van der Waals surface area contributed by atoms with Gasteiger partial charge in [0, 0.05) is 24.5 Å². The van der Waals surface area contributed by atoms with Gasteiger partial charge in [0.2, 0.25) is 11.8 Å². The number of nitrogens with one attached hydrogen (secondary N) is 2. The number of nitrogens with two attached hydrogens (primary N) is 1. The number of unbranched alkanes of at least 4 members (excludes halogenated alkanes) is 1. The van der Waals surface area contributed by atoms with Gasteiger partial charge in [0.05, 0.1) is 6.04 Å². The number of carbonyl (C=O) groups excluding carboxylic acids is 2. The summed E-state index contributed by atoms with van der Waals surface area (Å²) in [6, 6.07) is 6.77. The predicted molar refractivity (Wildman–Crippen MR) is 106 cm³/mol. The van der Waals surface area contributed by atoms with Gasteiger partial charge in [-0.25, -0.2) is 0 Å². The topological polar surface area (TPSA) is 87.5 Å². The van der Waals surface area contributed by atoms with Crippen molar-refractivity contribution in [2.75, 3.05) is 23.3 Å². The Balaban J connectivity index is 2.03. The normalized spacial score (nSPS) is 16.2. The van der Waals surface area contributed by atoms with Crippen molar-refractivity contribution in [1.29, 1.82) is 0 Å². The van der Waals surface area contributed by atoms with Crippen LogP contribution in [0.25, 0.3) is 0 Å². The third-order valence-corrected chi connectivity index (χ3v) is 4.84. The maximum Gasteiger partial charge on any atom is 0.246 e. The zero-order valence-electron chi connectivity index (χ0n) is 16.0. The largest absolute Gasteiger partial charge is 0.371 e. The number of benzene rings is 1. The van der Waals surface area contributed by atoms with Crippen LogP contribution in [0.4, 0.5) is 11.4 Å². The second-order valence-corrected chi connectivity index (χ2v) is 6.95. The van der Waals surface area contributed by atoms with Gasteiger partial charge in [-0.2, -0.15) is 0 Å². The predicted octanol–water partition coefficient (Wildman–Crippen LogP) is 2.64. The van der Waals surface area contributed by atoms with Crippen molar-refractivity contribution >= 4 is 23.2 Å². The zero-order chi connectivity index (χ0) is 18.9. The Kier molecular flexibility index (Phi) is 7.91. The van der Waals surface area contributed by atoms with E-state index in [1.807, 2.05) is 25.1 Å². The van der Waals surface area contributed by atoms with E-state index < -0.39 is 12.1 Å². The second kappa shape index (κ2) is 10.2. The average Bonchev–Trinajstić information content (AvgIpc) is 3.19. The van der Waals surface area contributed by atoms with E-state index in [2.05, 4.69) is 28.5 Å². The van der Waals surface area contributed by atoms with Crippen molar-refractivity contribution in [2.45, 2.75) is 64.5 Å². The molecule has 1 fully saturated rings. The summed E-state index contributed by atoms with van der Waals surface area (Å²) in [4.78, 5) is 27.2. The number of hydrogen-bond donors (Lipinski definition) is 3. The van der Waals surface area contributed by atoms with E-state index in [1.54, 1.807) is 0 Å². The number of nitrogens with zero attached hydrogens (tertiary/aromatic N) is 1. The van der Waals surface area contributed by atoms with Gasteiger partial charge in [0.15, 0.2) is 0 Å². The van der Waals surface area contributed by atoms with Crippen molar-refractivity contribution < 1.29 is 9.59 Å². The number of rotatable bonds is 9. The maximum absolute atomic E-state index is 12.7. The SMILES string of the molecule is CCCCC(NC(=O)[C@@H](N)CC)C(=O)Nc1cccc(N2CCCC2)c1. The van der Waals surface area contributed by atoms with Crippen LogP contribution in [0.5, 0.6) is 0 Å². The van der Waals surface area contributed by atoms with Crippen LogP contribution in [-0.2, 0) is 9.59 Å². The lowest BCUT2D eigenvalue weighted by Crippen LogP contribution is -2.49. The standard InChI is InChI=1S/C20H32N4O2/c1-3-5-11-18(23-19(25)17(21)4-2)20(26)22-15-9-8-10-16(14-15)24-12-6-7-13-24/h8-10,14,17-18H,3-7,11-13,21H2,1-2H3,(H,22,26)(H,23,25)/t17-,18?/m0/s1. The summed E-state index contributed by atoms with van der Waals surface area (Å²) in [6.45, 7) is 6.03. The van der Waals surface area contributed by atoms with Crippen LogP contribution in [-0.4, -0.2) is 37.0 Å². The Morgan fingerprint density at radius 3 is 2.58 bits per heavy atom. The first-order valence-electron chi connectivity index (χ1n) is 9.77. The number of carbonyl (C=O) groups is 2. The zero-order valence-corrected chi connectivity index (χ0v) is 16.0. The molecular weight excluding hydrogens is 328 g/mol. The van der Waals surface area contributed by atoms with Crippen molar-refractivity contribution in [1.82, 2.24) is 5.32 Å². The van der Waals surface area contributed by atoms with Gasteiger partial charge in [-0.3, -0.25) is 9.59 Å². The van der Waals surface area contributed by atoms with E-state index in [9.17, 15) is 9.59 Å². The van der Waals surface area contributed by atoms with Gasteiger partial charge in [0.25, 0.3) is 0 Å². The third kappa shape index (κ3) is 5.73. The highest BCUT2D eigenvalue weighted by Crippen LogP contribution is 2.23. The summed E-state index contributed by atoms with van der Waals surface area (Å²) in [7, 11) is 0. The molecule has 144 valence electrons. The molecule has 0 aliphatic carbocycles. The van der Waals surface area contributed by atoms with Crippen molar-refractivity contribution in [3.63, 3.8) is 0 Å². The van der Waals surface area contributed by atoms with Gasteiger partial charge >= 0.3 is 0 Å². The molecule has 0 aromatic heterocycles. The Bertz CT molecular complexity index is 599. The highest BCUT2D eigenvalue weighted by atomic mass is 16.2. The fraction of sp³-hybridized carbons (Fsp3) is 0.600. The fourth-order valence-electron chi connectivity index (χ4n) is 3.13. The summed E-state index contributed by atoms with van der Waals surface area (Å²) >= 11 is 0. The van der Waals surface area contributed by atoms with Crippen LogP contribution in [0.1, 0.15) is 52.4 Å². The van der Waals surface area contributed by atoms with Crippen LogP contribution in [0.15, 0.2) is 24.3 Å². The van der Waals surface area contributed by atoms with E-state index in [1.165, 1.54) is 12.8 Å². The second-order valence-electron chi connectivity index (χ2n) is 6.95. The summed E-state index contributed by atoms with van der Waals surface area (Å²) in [6.07, 6.45) is 5.40.